The Balaban J connectivity index is 1.56. The highest BCUT2D eigenvalue weighted by Gasteiger charge is 2.25. The third kappa shape index (κ3) is 5.57. The molecule has 4 heteroatoms. The van der Waals surface area contributed by atoms with Gasteiger partial charge in [0.15, 0.2) is 5.96 Å². The largest absolute Gasteiger partial charge is 0.352 e. The second-order valence-corrected chi connectivity index (χ2v) is 7.70. The molecule has 1 aliphatic rings. The highest BCUT2D eigenvalue weighted by molar-refractivity contribution is 5.80. The molecule has 3 rings (SSSR count). The van der Waals surface area contributed by atoms with Crippen molar-refractivity contribution in [1.29, 1.82) is 0 Å². The molecule has 1 heterocycles. The van der Waals surface area contributed by atoms with Crippen LogP contribution >= 0.6 is 0 Å². The maximum absolute atomic E-state index is 4.54. The molecule has 1 aliphatic heterocycles. The van der Waals surface area contributed by atoms with Crippen LogP contribution < -0.4 is 5.32 Å². The Morgan fingerprint density at radius 1 is 1.07 bits per heavy atom. The van der Waals surface area contributed by atoms with Gasteiger partial charge in [-0.25, -0.2) is 0 Å². The molecule has 2 aromatic rings. The summed E-state index contributed by atoms with van der Waals surface area (Å²) in [5.74, 6) is 1.72. The lowest BCUT2D eigenvalue weighted by atomic mass is 9.99. The summed E-state index contributed by atoms with van der Waals surface area (Å²) in [5, 5.41) is 3.58. The van der Waals surface area contributed by atoms with Gasteiger partial charge in [0.05, 0.1) is 0 Å². The second-order valence-electron chi connectivity index (χ2n) is 7.70. The zero-order valence-electron chi connectivity index (χ0n) is 16.9. The van der Waals surface area contributed by atoms with Crippen LogP contribution in [0, 0.1) is 5.92 Å². The molecular formula is C23H32N4. The van der Waals surface area contributed by atoms with Gasteiger partial charge in [-0.05, 0) is 49.5 Å². The van der Waals surface area contributed by atoms with Gasteiger partial charge in [-0.1, -0.05) is 54.6 Å². The number of nitrogens with zero attached hydrogens (tertiary/aromatic N) is 3. The molecule has 144 valence electrons. The zero-order valence-corrected chi connectivity index (χ0v) is 16.9. The lowest BCUT2D eigenvalue weighted by Gasteiger charge is -2.23. The molecule has 1 fully saturated rings. The molecule has 0 amide bonds. The maximum Gasteiger partial charge on any atom is 0.193 e. The Labute approximate surface area is 163 Å². The molecule has 2 aromatic carbocycles. The van der Waals surface area contributed by atoms with Crippen LogP contribution in [0.4, 0.5) is 0 Å². The van der Waals surface area contributed by atoms with Crippen molar-refractivity contribution in [2.75, 3.05) is 34.2 Å². The molecule has 1 atom stereocenters. The van der Waals surface area contributed by atoms with Gasteiger partial charge in [0.25, 0.3) is 0 Å². The second kappa shape index (κ2) is 9.56. The van der Waals surface area contributed by atoms with Crippen molar-refractivity contribution in [2.45, 2.75) is 25.9 Å². The average molecular weight is 365 g/mol. The summed E-state index contributed by atoms with van der Waals surface area (Å²) in [6, 6.07) is 19.5. The van der Waals surface area contributed by atoms with Gasteiger partial charge in [-0.15, -0.1) is 0 Å². The number of aliphatic imine (C=N–C) groups is 1. The molecule has 27 heavy (non-hydrogen) atoms. The SMILES string of the molecule is CN=C(NCc1ccccc1CN(C)C)N1CCC(Cc2ccccc2)C1. The van der Waals surface area contributed by atoms with E-state index in [1.165, 1.54) is 23.1 Å². The van der Waals surface area contributed by atoms with E-state index in [2.05, 4.69) is 88.8 Å². The number of rotatable bonds is 6. The van der Waals surface area contributed by atoms with Crippen LogP contribution in [0.2, 0.25) is 0 Å². The van der Waals surface area contributed by atoms with E-state index >= 15 is 0 Å². The predicted octanol–water partition coefficient (Wildman–Crippen LogP) is 3.39. The van der Waals surface area contributed by atoms with Crippen LogP contribution in [0.1, 0.15) is 23.1 Å². The number of guanidine groups is 1. The third-order valence-electron chi connectivity index (χ3n) is 5.21. The van der Waals surface area contributed by atoms with Crippen molar-refractivity contribution in [3.05, 3.63) is 71.3 Å². The minimum Gasteiger partial charge on any atom is -0.352 e. The molecule has 1 N–H and O–H groups in total. The van der Waals surface area contributed by atoms with Crippen LogP contribution in [0.5, 0.6) is 0 Å². The van der Waals surface area contributed by atoms with Crippen molar-refractivity contribution in [1.82, 2.24) is 15.1 Å². The minimum atomic E-state index is 0.701. The van der Waals surface area contributed by atoms with Gasteiger partial charge in [0, 0.05) is 33.2 Å². The summed E-state index contributed by atoms with van der Waals surface area (Å²) in [4.78, 5) is 9.15. The Hall–Kier alpha value is -2.33. The van der Waals surface area contributed by atoms with Crippen molar-refractivity contribution >= 4 is 5.96 Å². The lowest BCUT2D eigenvalue weighted by molar-refractivity contribution is 0.400. The van der Waals surface area contributed by atoms with Gasteiger partial charge in [-0.2, -0.15) is 0 Å². The fourth-order valence-electron chi connectivity index (χ4n) is 3.87. The van der Waals surface area contributed by atoms with E-state index in [0.717, 1.165) is 38.6 Å². The van der Waals surface area contributed by atoms with Gasteiger partial charge in [0.2, 0.25) is 0 Å². The lowest BCUT2D eigenvalue weighted by Crippen LogP contribution is -2.40. The maximum atomic E-state index is 4.54. The first-order valence-corrected chi connectivity index (χ1v) is 9.86. The number of benzene rings is 2. The minimum absolute atomic E-state index is 0.701. The van der Waals surface area contributed by atoms with Gasteiger partial charge >= 0.3 is 0 Å². The molecule has 0 aliphatic carbocycles. The number of likely N-dealkylation sites (tertiary alicyclic amines) is 1. The van der Waals surface area contributed by atoms with E-state index in [0.29, 0.717) is 5.92 Å². The molecule has 1 saturated heterocycles. The fraction of sp³-hybridized carbons (Fsp3) is 0.435. The van der Waals surface area contributed by atoms with Gasteiger partial charge < -0.3 is 15.1 Å². The first-order chi connectivity index (χ1) is 13.2. The highest BCUT2D eigenvalue weighted by Crippen LogP contribution is 2.21. The fourth-order valence-corrected chi connectivity index (χ4v) is 3.87. The van der Waals surface area contributed by atoms with E-state index < -0.39 is 0 Å². The molecule has 4 nitrogen and oxygen atoms in total. The predicted molar refractivity (Wildman–Crippen MR) is 114 cm³/mol. The number of nitrogens with one attached hydrogen (secondary N) is 1. The van der Waals surface area contributed by atoms with E-state index in [1.54, 1.807) is 0 Å². The van der Waals surface area contributed by atoms with Crippen molar-refractivity contribution < 1.29 is 0 Å². The Kier molecular flexibility index (Phi) is 6.88. The topological polar surface area (TPSA) is 30.9 Å². The molecular weight excluding hydrogens is 332 g/mol. The average Bonchev–Trinajstić information content (AvgIpc) is 3.12. The highest BCUT2D eigenvalue weighted by atomic mass is 15.3. The molecule has 0 aromatic heterocycles. The summed E-state index contributed by atoms with van der Waals surface area (Å²) in [5.41, 5.74) is 4.14. The number of hydrogen-bond donors (Lipinski definition) is 1. The summed E-state index contributed by atoms with van der Waals surface area (Å²) in [7, 11) is 6.11. The first kappa shape index (κ1) is 19.4. The van der Waals surface area contributed by atoms with Crippen LogP contribution in [-0.4, -0.2) is 50.0 Å². The van der Waals surface area contributed by atoms with E-state index in [1.807, 2.05) is 7.05 Å². The van der Waals surface area contributed by atoms with E-state index in [9.17, 15) is 0 Å². The molecule has 0 bridgehead atoms. The molecule has 0 saturated carbocycles. The summed E-state index contributed by atoms with van der Waals surface area (Å²) in [6.07, 6.45) is 2.38. The normalized spacial score (nSPS) is 17.6. The standard InChI is InChI=1S/C23H32N4/c1-24-23(25-16-21-11-7-8-12-22(21)18-26(2)3)27-14-13-20(17-27)15-19-9-5-4-6-10-19/h4-12,20H,13-18H2,1-3H3,(H,24,25). The van der Waals surface area contributed by atoms with E-state index in [4.69, 9.17) is 0 Å². The molecule has 0 radical (unpaired) electrons. The van der Waals surface area contributed by atoms with Crippen molar-refractivity contribution in [2.24, 2.45) is 10.9 Å². The molecule has 1 unspecified atom stereocenters. The van der Waals surface area contributed by atoms with Crippen LogP contribution in [0.25, 0.3) is 0 Å². The molecule has 0 spiro atoms. The third-order valence-corrected chi connectivity index (χ3v) is 5.21. The Morgan fingerprint density at radius 3 is 2.48 bits per heavy atom. The summed E-state index contributed by atoms with van der Waals surface area (Å²) < 4.78 is 0. The smallest absolute Gasteiger partial charge is 0.193 e. The monoisotopic (exact) mass is 364 g/mol. The van der Waals surface area contributed by atoms with Crippen LogP contribution in [0.3, 0.4) is 0 Å². The van der Waals surface area contributed by atoms with Crippen molar-refractivity contribution in [3.63, 3.8) is 0 Å². The van der Waals surface area contributed by atoms with E-state index in [-0.39, 0.29) is 0 Å². The quantitative estimate of drug-likeness (QED) is 0.630. The van der Waals surface area contributed by atoms with Crippen LogP contribution in [0.15, 0.2) is 59.6 Å². The summed E-state index contributed by atoms with van der Waals surface area (Å²) in [6.45, 7) is 3.93. The summed E-state index contributed by atoms with van der Waals surface area (Å²) >= 11 is 0. The van der Waals surface area contributed by atoms with Gasteiger partial charge in [0.1, 0.15) is 0 Å². The Morgan fingerprint density at radius 2 is 1.78 bits per heavy atom. The number of hydrogen-bond acceptors (Lipinski definition) is 2. The van der Waals surface area contributed by atoms with Gasteiger partial charge in [-0.3, -0.25) is 4.99 Å². The van der Waals surface area contributed by atoms with Crippen molar-refractivity contribution in [3.8, 4) is 0 Å². The Bertz CT molecular complexity index is 739. The first-order valence-electron chi connectivity index (χ1n) is 9.86. The van der Waals surface area contributed by atoms with Crippen LogP contribution in [-0.2, 0) is 19.5 Å². The zero-order chi connectivity index (χ0) is 19.1.